The van der Waals surface area contributed by atoms with Crippen molar-refractivity contribution in [2.45, 2.75) is 19.9 Å². The molecule has 1 saturated heterocycles. The Kier molecular flexibility index (Phi) is 5.61. The van der Waals surface area contributed by atoms with E-state index in [2.05, 4.69) is 22.5 Å². The molecule has 2 N–H and O–H groups in total. The van der Waals surface area contributed by atoms with Gasteiger partial charge in [-0.05, 0) is 25.1 Å². The van der Waals surface area contributed by atoms with E-state index in [0.717, 1.165) is 44.0 Å². The van der Waals surface area contributed by atoms with Gasteiger partial charge in [0.05, 0.1) is 18.4 Å². The van der Waals surface area contributed by atoms with Gasteiger partial charge in [0.2, 0.25) is 0 Å². The lowest BCUT2D eigenvalue weighted by molar-refractivity contribution is 0.202. The van der Waals surface area contributed by atoms with E-state index in [1.807, 2.05) is 12.1 Å². The molecule has 1 aromatic heterocycles. The van der Waals surface area contributed by atoms with E-state index >= 15 is 0 Å². The van der Waals surface area contributed by atoms with Gasteiger partial charge in [0.25, 0.3) is 0 Å². The summed E-state index contributed by atoms with van der Waals surface area (Å²) in [4.78, 5) is 17.4. The van der Waals surface area contributed by atoms with Crippen molar-refractivity contribution in [1.82, 2.24) is 20.5 Å². The quantitative estimate of drug-likeness (QED) is 0.696. The van der Waals surface area contributed by atoms with Gasteiger partial charge in [0, 0.05) is 19.6 Å². The number of pyridine rings is 1. The fraction of sp³-hybridized carbons (Fsp3) is 0.571. The normalized spacial score (nSPS) is 14.4. The van der Waals surface area contributed by atoms with Gasteiger partial charge in [-0.15, -0.1) is 0 Å². The number of hydrogen-bond donors (Lipinski definition) is 2. The van der Waals surface area contributed by atoms with Crippen molar-refractivity contribution >= 4 is 6.03 Å². The van der Waals surface area contributed by atoms with Crippen LogP contribution in [0.5, 0.6) is 5.75 Å². The molecule has 0 aliphatic carbocycles. The van der Waals surface area contributed by atoms with Gasteiger partial charge >= 0.3 is 6.03 Å². The maximum Gasteiger partial charge on any atom is 0.317 e. The lowest BCUT2D eigenvalue weighted by Gasteiger charge is -2.14. The Hall–Kier alpha value is -1.82. The fourth-order valence-corrected chi connectivity index (χ4v) is 1.99. The molecule has 0 saturated carbocycles. The number of rotatable bonds is 8. The van der Waals surface area contributed by atoms with Crippen molar-refractivity contribution in [3.63, 3.8) is 0 Å². The first-order valence-electron chi connectivity index (χ1n) is 7.11. The second-order valence-corrected chi connectivity index (χ2v) is 4.73. The van der Waals surface area contributed by atoms with Crippen LogP contribution in [0.2, 0.25) is 0 Å². The summed E-state index contributed by atoms with van der Waals surface area (Å²) in [6.07, 6.45) is 2.85. The molecular formula is C14H22N4O2. The van der Waals surface area contributed by atoms with Crippen molar-refractivity contribution in [2.24, 2.45) is 0 Å². The summed E-state index contributed by atoms with van der Waals surface area (Å²) in [5, 5.41) is 6.06. The van der Waals surface area contributed by atoms with Crippen molar-refractivity contribution in [1.29, 1.82) is 0 Å². The van der Waals surface area contributed by atoms with Crippen LogP contribution in [0.15, 0.2) is 18.3 Å². The number of carbonyl (C=O) groups excluding carboxylic acids is 1. The van der Waals surface area contributed by atoms with E-state index in [9.17, 15) is 4.79 Å². The minimum Gasteiger partial charge on any atom is -0.490 e. The number of aromatic nitrogens is 1. The van der Waals surface area contributed by atoms with Gasteiger partial charge in [-0.1, -0.05) is 6.92 Å². The summed E-state index contributed by atoms with van der Waals surface area (Å²) in [5.74, 6) is 0.740. The van der Waals surface area contributed by atoms with Gasteiger partial charge in [-0.25, -0.2) is 4.79 Å². The molecule has 1 aliphatic heterocycles. The molecule has 110 valence electrons. The van der Waals surface area contributed by atoms with Crippen molar-refractivity contribution in [3.8, 4) is 5.75 Å². The number of urea groups is 1. The van der Waals surface area contributed by atoms with E-state index in [-0.39, 0.29) is 6.03 Å². The summed E-state index contributed by atoms with van der Waals surface area (Å²) in [7, 11) is 0. The zero-order valence-corrected chi connectivity index (χ0v) is 11.9. The van der Waals surface area contributed by atoms with Crippen LogP contribution in [-0.2, 0) is 6.54 Å². The predicted molar refractivity (Wildman–Crippen MR) is 76.7 cm³/mol. The van der Waals surface area contributed by atoms with Crippen LogP contribution in [0.1, 0.15) is 19.0 Å². The van der Waals surface area contributed by atoms with E-state index in [4.69, 9.17) is 4.74 Å². The highest BCUT2D eigenvalue weighted by molar-refractivity contribution is 5.76. The third-order valence-electron chi connectivity index (χ3n) is 3.11. The highest BCUT2D eigenvalue weighted by Crippen LogP contribution is 2.09. The first kappa shape index (κ1) is 14.6. The van der Waals surface area contributed by atoms with E-state index in [1.165, 1.54) is 0 Å². The SMILES string of the molecule is CCCNCc1ccc(OCCN2CCNC2=O)cn1. The second-order valence-electron chi connectivity index (χ2n) is 4.73. The van der Waals surface area contributed by atoms with Gasteiger partial charge in [-0.2, -0.15) is 0 Å². The lowest BCUT2D eigenvalue weighted by atomic mass is 10.3. The van der Waals surface area contributed by atoms with Crippen LogP contribution in [0.3, 0.4) is 0 Å². The largest absolute Gasteiger partial charge is 0.490 e. The first-order chi connectivity index (χ1) is 9.79. The molecule has 20 heavy (non-hydrogen) atoms. The molecule has 2 rings (SSSR count). The Labute approximate surface area is 119 Å². The molecule has 2 heterocycles. The molecule has 2 amide bonds. The molecule has 0 spiro atoms. The molecule has 0 radical (unpaired) electrons. The van der Waals surface area contributed by atoms with Crippen molar-refractivity contribution < 1.29 is 9.53 Å². The zero-order chi connectivity index (χ0) is 14.2. The first-order valence-corrected chi connectivity index (χ1v) is 7.11. The average Bonchev–Trinajstić information content (AvgIpc) is 2.87. The van der Waals surface area contributed by atoms with Crippen LogP contribution in [0, 0.1) is 0 Å². The minimum absolute atomic E-state index is 0.0101. The number of amides is 2. The number of hydrogen-bond acceptors (Lipinski definition) is 4. The fourth-order valence-electron chi connectivity index (χ4n) is 1.99. The molecule has 1 aliphatic rings. The van der Waals surface area contributed by atoms with E-state index in [0.29, 0.717) is 13.2 Å². The standard InChI is InChI=1S/C14H22N4O2/c1-2-5-15-10-12-3-4-13(11-17-12)20-9-8-18-7-6-16-14(18)19/h3-4,11,15H,2,5-10H2,1H3,(H,16,19). The molecule has 1 fully saturated rings. The van der Waals surface area contributed by atoms with Gasteiger partial charge < -0.3 is 20.3 Å². The van der Waals surface area contributed by atoms with E-state index < -0.39 is 0 Å². The van der Waals surface area contributed by atoms with Crippen LogP contribution in [0.4, 0.5) is 4.79 Å². The number of ether oxygens (including phenoxy) is 1. The molecule has 6 heteroatoms. The van der Waals surface area contributed by atoms with Crippen LogP contribution in [-0.4, -0.2) is 48.7 Å². The number of nitrogens with zero attached hydrogens (tertiary/aromatic N) is 2. The van der Waals surface area contributed by atoms with Crippen molar-refractivity contribution in [2.75, 3.05) is 32.8 Å². The molecule has 1 aromatic rings. The van der Waals surface area contributed by atoms with Crippen LogP contribution < -0.4 is 15.4 Å². The molecule has 6 nitrogen and oxygen atoms in total. The summed E-state index contributed by atoms with van der Waals surface area (Å²) >= 11 is 0. The Bertz CT molecular complexity index is 422. The average molecular weight is 278 g/mol. The highest BCUT2D eigenvalue weighted by Gasteiger charge is 2.18. The molecule has 0 unspecified atom stereocenters. The zero-order valence-electron chi connectivity index (χ0n) is 11.9. The van der Waals surface area contributed by atoms with Crippen LogP contribution >= 0.6 is 0 Å². The Balaban J connectivity index is 1.69. The number of nitrogens with one attached hydrogen (secondary N) is 2. The highest BCUT2D eigenvalue weighted by atomic mass is 16.5. The Morgan fingerprint density at radius 1 is 1.50 bits per heavy atom. The monoisotopic (exact) mass is 278 g/mol. The predicted octanol–water partition coefficient (Wildman–Crippen LogP) is 0.985. The van der Waals surface area contributed by atoms with Gasteiger partial charge in [0.15, 0.2) is 0 Å². The topological polar surface area (TPSA) is 66.5 Å². The molecule has 0 atom stereocenters. The third-order valence-corrected chi connectivity index (χ3v) is 3.11. The number of carbonyl (C=O) groups is 1. The summed E-state index contributed by atoms with van der Waals surface area (Å²) in [5.41, 5.74) is 1.00. The van der Waals surface area contributed by atoms with Crippen LogP contribution in [0.25, 0.3) is 0 Å². The Morgan fingerprint density at radius 2 is 2.40 bits per heavy atom. The summed E-state index contributed by atoms with van der Waals surface area (Å²) in [6, 6.07) is 3.87. The maximum atomic E-state index is 11.3. The molecule has 0 bridgehead atoms. The lowest BCUT2D eigenvalue weighted by Crippen LogP contribution is -2.31. The van der Waals surface area contributed by atoms with Gasteiger partial charge in [-0.3, -0.25) is 4.98 Å². The second kappa shape index (κ2) is 7.69. The molecule has 0 aromatic carbocycles. The van der Waals surface area contributed by atoms with E-state index in [1.54, 1.807) is 11.1 Å². The van der Waals surface area contributed by atoms with Crippen molar-refractivity contribution in [3.05, 3.63) is 24.0 Å². The van der Waals surface area contributed by atoms with Gasteiger partial charge in [0.1, 0.15) is 12.4 Å². The minimum atomic E-state index is -0.0101. The maximum absolute atomic E-state index is 11.3. The smallest absolute Gasteiger partial charge is 0.317 e. The summed E-state index contributed by atoms with van der Waals surface area (Å²) in [6.45, 7) is 6.48. The molecular weight excluding hydrogens is 256 g/mol. The third kappa shape index (κ3) is 4.38. The summed E-state index contributed by atoms with van der Waals surface area (Å²) < 4.78 is 5.59. The Morgan fingerprint density at radius 3 is 3.05 bits per heavy atom.